The van der Waals surface area contributed by atoms with E-state index in [9.17, 15) is 44.7 Å². The number of hydrogen-bond donors (Lipinski definition) is 1. The van der Waals surface area contributed by atoms with Gasteiger partial charge in [-0.2, -0.15) is 22.0 Å². The molecule has 5 rings (SSSR count). The molecule has 3 aromatic rings. The molecule has 2 atom stereocenters. The molecule has 1 saturated heterocycles. The zero-order valence-electron chi connectivity index (χ0n) is 21.0. The van der Waals surface area contributed by atoms with Crippen LogP contribution in [0.5, 0.6) is 5.75 Å². The molecule has 218 valence electrons. The van der Waals surface area contributed by atoms with Gasteiger partial charge in [0.25, 0.3) is 10.0 Å². The van der Waals surface area contributed by atoms with Crippen LogP contribution in [0.25, 0.3) is 11.1 Å². The van der Waals surface area contributed by atoms with Crippen LogP contribution in [0, 0.1) is 11.7 Å². The van der Waals surface area contributed by atoms with E-state index in [1.807, 2.05) is 4.90 Å². The SMILES string of the molecule is O=C(O)[C@H]1CCN2c3ccc(-c4cc(F)cc(OC(F)F)c4)cc3N(S(=O)(=O)c3cccc(C(F)(F)F)c3)C[C@@H]2C1. The van der Waals surface area contributed by atoms with Crippen molar-refractivity contribution in [3.8, 4) is 16.9 Å². The molecular weight excluding hydrogens is 578 g/mol. The number of rotatable bonds is 6. The number of hydrogen-bond acceptors (Lipinski definition) is 5. The van der Waals surface area contributed by atoms with Crippen LogP contribution in [-0.2, 0) is 21.0 Å². The summed E-state index contributed by atoms with van der Waals surface area (Å²) in [4.78, 5) is 12.9. The van der Waals surface area contributed by atoms with Crippen LogP contribution < -0.4 is 13.9 Å². The Bertz CT molecular complexity index is 1600. The highest BCUT2D eigenvalue weighted by molar-refractivity contribution is 7.92. The number of aliphatic carboxylic acids is 1. The lowest BCUT2D eigenvalue weighted by molar-refractivity contribution is -0.142. The molecule has 1 fully saturated rings. The summed E-state index contributed by atoms with van der Waals surface area (Å²) in [6.07, 6.45) is -4.42. The summed E-state index contributed by atoms with van der Waals surface area (Å²) in [6, 6.07) is 10.0. The zero-order valence-corrected chi connectivity index (χ0v) is 21.8. The number of anilines is 2. The average Bonchev–Trinajstić information content (AvgIpc) is 2.90. The minimum absolute atomic E-state index is 0.0607. The molecule has 2 aliphatic heterocycles. The highest BCUT2D eigenvalue weighted by atomic mass is 32.2. The number of fused-ring (bicyclic) bond motifs is 3. The number of nitrogens with zero attached hydrogens (tertiary/aromatic N) is 2. The van der Waals surface area contributed by atoms with Gasteiger partial charge in [0, 0.05) is 18.7 Å². The number of alkyl halides is 5. The Kier molecular flexibility index (Phi) is 7.30. The van der Waals surface area contributed by atoms with E-state index in [0.29, 0.717) is 11.8 Å². The molecule has 0 aromatic heterocycles. The van der Waals surface area contributed by atoms with Crippen LogP contribution in [0.3, 0.4) is 0 Å². The second-order valence-electron chi connectivity index (χ2n) is 9.73. The van der Waals surface area contributed by atoms with Crippen LogP contribution in [0.1, 0.15) is 18.4 Å². The fourth-order valence-electron chi connectivity index (χ4n) is 5.29. The number of ether oxygens (including phenoxy) is 1. The largest absolute Gasteiger partial charge is 0.481 e. The molecular formula is C27H22F6N2O5S. The number of piperidine rings is 1. The fourth-order valence-corrected chi connectivity index (χ4v) is 6.84. The van der Waals surface area contributed by atoms with Gasteiger partial charge >= 0.3 is 18.8 Å². The minimum atomic E-state index is -4.80. The lowest BCUT2D eigenvalue weighted by Gasteiger charge is -2.47. The average molecular weight is 601 g/mol. The summed E-state index contributed by atoms with van der Waals surface area (Å²) < 4.78 is 113. The van der Waals surface area contributed by atoms with Crippen molar-refractivity contribution in [3.05, 3.63) is 72.0 Å². The monoisotopic (exact) mass is 600 g/mol. The maximum absolute atomic E-state index is 14.3. The Morgan fingerprint density at radius 1 is 1.00 bits per heavy atom. The predicted molar refractivity (Wildman–Crippen MR) is 136 cm³/mol. The lowest BCUT2D eigenvalue weighted by atomic mass is 9.88. The molecule has 3 aromatic carbocycles. The van der Waals surface area contributed by atoms with Gasteiger partial charge in [0.1, 0.15) is 11.6 Å². The summed E-state index contributed by atoms with van der Waals surface area (Å²) in [5.41, 5.74) is -0.409. The second kappa shape index (κ2) is 10.5. The van der Waals surface area contributed by atoms with E-state index in [1.165, 1.54) is 18.2 Å². The van der Waals surface area contributed by atoms with Gasteiger partial charge in [-0.05, 0) is 66.4 Å². The maximum atomic E-state index is 14.3. The van der Waals surface area contributed by atoms with Gasteiger partial charge < -0.3 is 14.7 Å². The fraction of sp³-hybridized carbons (Fsp3) is 0.296. The molecule has 7 nitrogen and oxygen atoms in total. The summed E-state index contributed by atoms with van der Waals surface area (Å²) in [5, 5.41) is 9.55. The number of benzene rings is 3. The van der Waals surface area contributed by atoms with Crippen LogP contribution in [0.15, 0.2) is 65.6 Å². The third-order valence-electron chi connectivity index (χ3n) is 7.17. The Morgan fingerprint density at radius 2 is 1.76 bits per heavy atom. The second-order valence-corrected chi connectivity index (χ2v) is 11.6. The van der Waals surface area contributed by atoms with Gasteiger partial charge in [0.2, 0.25) is 0 Å². The highest BCUT2D eigenvalue weighted by Gasteiger charge is 2.42. The third kappa shape index (κ3) is 5.65. The molecule has 0 aliphatic carbocycles. The topological polar surface area (TPSA) is 87.2 Å². The van der Waals surface area contributed by atoms with Crippen molar-refractivity contribution in [1.82, 2.24) is 0 Å². The molecule has 0 saturated carbocycles. The minimum Gasteiger partial charge on any atom is -0.481 e. The molecule has 1 N–H and O–H groups in total. The zero-order chi connectivity index (χ0) is 29.7. The lowest BCUT2D eigenvalue weighted by Crippen LogP contribution is -2.55. The van der Waals surface area contributed by atoms with E-state index in [1.54, 1.807) is 0 Å². The van der Waals surface area contributed by atoms with Crippen molar-refractivity contribution in [1.29, 1.82) is 0 Å². The van der Waals surface area contributed by atoms with Crippen LogP contribution in [0.4, 0.5) is 37.7 Å². The maximum Gasteiger partial charge on any atom is 0.416 e. The van der Waals surface area contributed by atoms with Gasteiger partial charge in [0.05, 0.1) is 34.3 Å². The Hall–Kier alpha value is -3.94. The summed E-state index contributed by atoms with van der Waals surface area (Å²) in [6.45, 7) is -3.20. The van der Waals surface area contributed by atoms with Crippen molar-refractivity contribution in [2.24, 2.45) is 5.92 Å². The number of carboxylic acids is 1. The normalized spacial score (nSPS) is 19.1. The summed E-state index contributed by atoms with van der Waals surface area (Å²) in [7, 11) is -4.62. The predicted octanol–water partition coefficient (Wildman–Crippen LogP) is 5.99. The number of carboxylic acid groups (broad SMARTS) is 1. The molecule has 14 heteroatoms. The van der Waals surface area contributed by atoms with E-state index in [2.05, 4.69) is 4.74 Å². The Morgan fingerprint density at radius 3 is 2.44 bits per heavy atom. The molecule has 0 amide bonds. The van der Waals surface area contributed by atoms with Crippen molar-refractivity contribution >= 4 is 27.4 Å². The molecule has 41 heavy (non-hydrogen) atoms. The molecule has 2 heterocycles. The number of sulfonamides is 1. The van der Waals surface area contributed by atoms with Gasteiger partial charge in [-0.1, -0.05) is 12.1 Å². The highest BCUT2D eigenvalue weighted by Crippen LogP contribution is 2.45. The Balaban J connectivity index is 1.64. The molecule has 0 radical (unpaired) electrons. The van der Waals surface area contributed by atoms with Crippen molar-refractivity contribution in [2.45, 2.75) is 36.6 Å². The third-order valence-corrected chi connectivity index (χ3v) is 8.95. The van der Waals surface area contributed by atoms with Crippen molar-refractivity contribution < 1.29 is 49.4 Å². The number of carbonyl (C=O) groups is 1. The van der Waals surface area contributed by atoms with Crippen molar-refractivity contribution in [2.75, 3.05) is 22.3 Å². The van der Waals surface area contributed by atoms with Crippen LogP contribution in [-0.4, -0.2) is 45.2 Å². The molecule has 2 aliphatic rings. The van der Waals surface area contributed by atoms with Gasteiger partial charge in [-0.3, -0.25) is 9.10 Å². The quantitative estimate of drug-likeness (QED) is 0.350. The van der Waals surface area contributed by atoms with E-state index in [4.69, 9.17) is 0 Å². The van der Waals surface area contributed by atoms with E-state index in [0.717, 1.165) is 40.7 Å². The molecule has 0 unspecified atom stereocenters. The molecule has 0 bridgehead atoms. The van der Waals surface area contributed by atoms with E-state index in [-0.39, 0.29) is 42.7 Å². The first-order valence-electron chi connectivity index (χ1n) is 12.3. The first kappa shape index (κ1) is 28.6. The number of halogens is 6. The standard InChI is InChI=1S/C27H22F6N2O5S/c28-19-8-17(10-21(13-19)40-26(29)30)15-4-5-23-24(11-15)35(14-20-9-16(25(36)37)6-7-34(20)23)41(38,39)22-3-1-2-18(12-22)27(31,32)33/h1-5,8,10-13,16,20,26H,6-7,9,14H2,(H,36,37)/t16-,20-/m0/s1. The van der Waals surface area contributed by atoms with Gasteiger partial charge in [-0.15, -0.1) is 0 Å². The Labute approximate surface area is 230 Å². The summed E-state index contributed by atoms with van der Waals surface area (Å²) >= 11 is 0. The summed E-state index contributed by atoms with van der Waals surface area (Å²) in [5.74, 6) is -3.13. The van der Waals surface area contributed by atoms with Gasteiger partial charge in [-0.25, -0.2) is 12.8 Å². The first-order valence-corrected chi connectivity index (χ1v) is 13.8. The molecule has 0 spiro atoms. The van der Waals surface area contributed by atoms with Gasteiger partial charge in [0.15, 0.2) is 0 Å². The first-order chi connectivity index (χ1) is 19.2. The van der Waals surface area contributed by atoms with Crippen molar-refractivity contribution in [3.63, 3.8) is 0 Å². The van der Waals surface area contributed by atoms with E-state index < -0.39 is 62.8 Å². The van der Waals surface area contributed by atoms with Crippen LogP contribution in [0.2, 0.25) is 0 Å². The smallest absolute Gasteiger partial charge is 0.416 e. The van der Waals surface area contributed by atoms with E-state index >= 15 is 0 Å². The van der Waals surface area contributed by atoms with Crippen LogP contribution >= 0.6 is 0 Å².